The van der Waals surface area contributed by atoms with Gasteiger partial charge in [-0.15, -0.1) is 0 Å². The molecule has 0 bridgehead atoms. The second-order valence-electron chi connectivity index (χ2n) is 6.25. The molecule has 0 aliphatic carbocycles. The summed E-state index contributed by atoms with van der Waals surface area (Å²) < 4.78 is 1.69. The van der Waals surface area contributed by atoms with Crippen LogP contribution in [0.2, 0.25) is 0 Å². The van der Waals surface area contributed by atoms with Crippen molar-refractivity contribution in [1.82, 2.24) is 9.47 Å². The lowest BCUT2D eigenvalue weighted by atomic mass is 10.2. The molecule has 0 N–H and O–H groups in total. The van der Waals surface area contributed by atoms with Gasteiger partial charge < -0.3 is 14.4 Å². The van der Waals surface area contributed by atoms with Crippen LogP contribution in [0.3, 0.4) is 0 Å². The van der Waals surface area contributed by atoms with E-state index in [-0.39, 0.29) is 10.8 Å². The lowest BCUT2D eigenvalue weighted by Gasteiger charge is -2.36. The molecule has 3 rings (SSSR count). The van der Waals surface area contributed by atoms with Crippen molar-refractivity contribution in [3.05, 3.63) is 50.6 Å². The Morgan fingerprint density at radius 3 is 2.54 bits per heavy atom. The summed E-state index contributed by atoms with van der Waals surface area (Å²) in [6.07, 6.45) is 0.391. The van der Waals surface area contributed by atoms with E-state index in [0.29, 0.717) is 13.0 Å². The molecule has 0 radical (unpaired) electrons. The molecule has 1 aromatic carbocycles. The highest BCUT2D eigenvalue weighted by Gasteiger charge is 2.21. The molecule has 0 saturated carbocycles. The zero-order chi connectivity index (χ0) is 17.1. The number of rotatable bonds is 4. The predicted octanol–water partition coefficient (Wildman–Crippen LogP) is 2.27. The van der Waals surface area contributed by atoms with E-state index in [1.165, 1.54) is 22.6 Å². The highest BCUT2D eigenvalue weighted by molar-refractivity contribution is 7.07. The minimum Gasteiger partial charge on any atom is -0.368 e. The van der Waals surface area contributed by atoms with Gasteiger partial charge in [0.1, 0.15) is 0 Å². The van der Waals surface area contributed by atoms with Gasteiger partial charge in [-0.1, -0.05) is 23.5 Å². The Kier molecular flexibility index (Phi) is 5.04. The van der Waals surface area contributed by atoms with Crippen molar-refractivity contribution in [2.75, 3.05) is 31.1 Å². The Hall–Kier alpha value is -2.08. The third kappa shape index (κ3) is 3.70. The molecule has 1 aromatic heterocycles. The predicted molar refractivity (Wildman–Crippen MR) is 97.9 cm³/mol. The Bertz CT molecular complexity index is 773. The maximum atomic E-state index is 12.4. The van der Waals surface area contributed by atoms with E-state index >= 15 is 0 Å². The monoisotopic (exact) mass is 345 g/mol. The molecule has 5 nitrogen and oxygen atoms in total. The van der Waals surface area contributed by atoms with Crippen LogP contribution in [0.15, 0.2) is 34.4 Å². The molecule has 2 aromatic rings. The quantitative estimate of drug-likeness (QED) is 0.854. The highest BCUT2D eigenvalue weighted by Crippen LogP contribution is 2.18. The van der Waals surface area contributed by atoms with Crippen molar-refractivity contribution in [3.8, 4) is 0 Å². The van der Waals surface area contributed by atoms with Gasteiger partial charge in [0.25, 0.3) is 0 Å². The van der Waals surface area contributed by atoms with Gasteiger partial charge in [0, 0.05) is 55.9 Å². The number of aromatic nitrogens is 1. The molecule has 1 aliphatic heterocycles. The van der Waals surface area contributed by atoms with Crippen LogP contribution in [0.1, 0.15) is 17.7 Å². The molecule has 1 fully saturated rings. The first-order valence-electron chi connectivity index (χ1n) is 8.29. The molecule has 0 unspecified atom stereocenters. The number of piperazine rings is 1. The Morgan fingerprint density at radius 2 is 1.92 bits per heavy atom. The lowest BCUT2D eigenvalue weighted by Crippen LogP contribution is -2.49. The normalized spacial score (nSPS) is 14.9. The van der Waals surface area contributed by atoms with Gasteiger partial charge >= 0.3 is 4.87 Å². The number of hydrogen-bond donors (Lipinski definition) is 0. The number of carbonyl (C=O) groups is 1. The van der Waals surface area contributed by atoms with Crippen LogP contribution < -0.4 is 9.77 Å². The molecule has 0 atom stereocenters. The maximum Gasteiger partial charge on any atom is 0.307 e. The summed E-state index contributed by atoms with van der Waals surface area (Å²) in [6, 6.07) is 8.47. The first kappa shape index (κ1) is 16.8. The van der Waals surface area contributed by atoms with E-state index in [9.17, 15) is 9.59 Å². The Balaban J connectivity index is 1.53. The standard InChI is InChI=1S/C18H23N3O2S/c1-14-4-3-5-16(12-14)19-8-10-20(11-9-19)17(22)6-7-21-15(2)13-24-18(21)23/h3-5,12-13H,6-11H2,1-2H3. The number of benzene rings is 1. The van der Waals surface area contributed by atoms with E-state index in [1.807, 2.05) is 17.2 Å². The summed E-state index contributed by atoms with van der Waals surface area (Å²) in [7, 11) is 0. The molecule has 24 heavy (non-hydrogen) atoms. The van der Waals surface area contributed by atoms with Gasteiger partial charge in [0.15, 0.2) is 0 Å². The van der Waals surface area contributed by atoms with Gasteiger partial charge in [0.05, 0.1) is 0 Å². The zero-order valence-electron chi connectivity index (χ0n) is 14.2. The average molecular weight is 345 g/mol. The fraction of sp³-hybridized carbons (Fsp3) is 0.444. The van der Waals surface area contributed by atoms with Crippen molar-refractivity contribution in [2.45, 2.75) is 26.8 Å². The number of thiazole rings is 1. The van der Waals surface area contributed by atoms with E-state index < -0.39 is 0 Å². The molecule has 2 heterocycles. The molecule has 6 heteroatoms. The number of anilines is 1. The summed E-state index contributed by atoms with van der Waals surface area (Å²) in [4.78, 5) is 28.4. The average Bonchev–Trinajstić information content (AvgIpc) is 2.91. The molecular formula is C18H23N3O2S. The third-order valence-electron chi connectivity index (χ3n) is 4.52. The number of carbonyl (C=O) groups excluding carboxylic acids is 1. The fourth-order valence-corrected chi connectivity index (χ4v) is 3.84. The zero-order valence-corrected chi connectivity index (χ0v) is 15.0. The number of amides is 1. The summed E-state index contributed by atoms with van der Waals surface area (Å²) in [5.74, 6) is 0.136. The van der Waals surface area contributed by atoms with Crippen LogP contribution in [0.4, 0.5) is 5.69 Å². The first-order chi connectivity index (χ1) is 11.5. The summed E-state index contributed by atoms with van der Waals surface area (Å²) >= 11 is 1.19. The minimum absolute atomic E-state index is 0.0181. The second-order valence-corrected chi connectivity index (χ2v) is 7.07. The van der Waals surface area contributed by atoms with Crippen LogP contribution >= 0.6 is 11.3 Å². The van der Waals surface area contributed by atoms with Crippen molar-refractivity contribution in [1.29, 1.82) is 0 Å². The summed E-state index contributed by atoms with van der Waals surface area (Å²) in [5.41, 5.74) is 3.41. The van der Waals surface area contributed by atoms with Crippen LogP contribution in [0.25, 0.3) is 0 Å². The number of hydrogen-bond acceptors (Lipinski definition) is 4. The third-order valence-corrected chi connectivity index (χ3v) is 5.41. The van der Waals surface area contributed by atoms with Crippen molar-refractivity contribution in [3.63, 3.8) is 0 Å². The van der Waals surface area contributed by atoms with Crippen LogP contribution in [0.5, 0.6) is 0 Å². The summed E-state index contributed by atoms with van der Waals surface area (Å²) in [5, 5.41) is 1.84. The van der Waals surface area contributed by atoms with E-state index in [1.54, 1.807) is 4.57 Å². The van der Waals surface area contributed by atoms with Gasteiger partial charge in [-0.25, -0.2) is 0 Å². The van der Waals surface area contributed by atoms with E-state index in [4.69, 9.17) is 0 Å². The van der Waals surface area contributed by atoms with Gasteiger partial charge in [-0.05, 0) is 31.5 Å². The number of aryl methyl sites for hydroxylation is 2. The van der Waals surface area contributed by atoms with Crippen LogP contribution in [-0.4, -0.2) is 41.6 Å². The van der Waals surface area contributed by atoms with Gasteiger partial charge in [-0.3, -0.25) is 9.59 Å². The SMILES string of the molecule is Cc1cccc(N2CCN(C(=O)CCn3c(C)csc3=O)CC2)c1. The smallest absolute Gasteiger partial charge is 0.307 e. The topological polar surface area (TPSA) is 45.5 Å². The Morgan fingerprint density at radius 1 is 1.17 bits per heavy atom. The molecule has 1 saturated heterocycles. The Labute approximate surface area is 146 Å². The van der Waals surface area contributed by atoms with Gasteiger partial charge in [0.2, 0.25) is 5.91 Å². The maximum absolute atomic E-state index is 12.4. The summed E-state index contributed by atoms with van der Waals surface area (Å²) in [6.45, 7) is 7.67. The molecular weight excluding hydrogens is 322 g/mol. The van der Waals surface area contributed by atoms with Crippen LogP contribution in [-0.2, 0) is 11.3 Å². The number of nitrogens with zero attached hydrogens (tertiary/aromatic N) is 3. The highest BCUT2D eigenvalue weighted by atomic mass is 32.1. The largest absolute Gasteiger partial charge is 0.368 e. The molecule has 1 aliphatic rings. The molecule has 128 valence electrons. The second kappa shape index (κ2) is 7.21. The fourth-order valence-electron chi connectivity index (χ4n) is 3.08. The lowest BCUT2D eigenvalue weighted by molar-refractivity contribution is -0.131. The van der Waals surface area contributed by atoms with Gasteiger partial charge in [-0.2, -0.15) is 0 Å². The van der Waals surface area contributed by atoms with Crippen molar-refractivity contribution >= 4 is 22.9 Å². The minimum atomic E-state index is 0.0181. The van der Waals surface area contributed by atoms with E-state index in [0.717, 1.165) is 31.9 Å². The van der Waals surface area contributed by atoms with Crippen molar-refractivity contribution in [2.24, 2.45) is 0 Å². The van der Waals surface area contributed by atoms with Crippen LogP contribution in [0, 0.1) is 13.8 Å². The molecule has 1 amide bonds. The van der Waals surface area contributed by atoms with E-state index in [2.05, 4.69) is 36.1 Å². The first-order valence-corrected chi connectivity index (χ1v) is 9.17. The molecule has 0 spiro atoms. The van der Waals surface area contributed by atoms with Crippen molar-refractivity contribution < 1.29 is 4.79 Å².